The van der Waals surface area contributed by atoms with Crippen LogP contribution in [0.25, 0.3) is 6.08 Å². The highest BCUT2D eigenvalue weighted by Gasteiger charge is 2.24. The van der Waals surface area contributed by atoms with Gasteiger partial charge in [0, 0.05) is 29.8 Å². The Labute approximate surface area is 195 Å². The monoisotopic (exact) mass is 493 g/mol. The van der Waals surface area contributed by atoms with Crippen LogP contribution < -0.4 is 10.1 Å². The van der Waals surface area contributed by atoms with E-state index in [1.807, 2.05) is 42.2 Å². The number of nitrogens with zero attached hydrogens (tertiary/aromatic N) is 4. The molecule has 8 heteroatoms. The first kappa shape index (κ1) is 22.0. The van der Waals surface area contributed by atoms with E-state index in [1.165, 1.54) is 5.57 Å². The molecule has 0 aliphatic carbocycles. The lowest BCUT2D eigenvalue weighted by molar-refractivity contribution is 0.197. The number of aromatic nitrogens is 3. The minimum absolute atomic E-state index is 0.147. The van der Waals surface area contributed by atoms with Gasteiger partial charge in [-0.1, -0.05) is 30.7 Å². The third-order valence-corrected chi connectivity index (χ3v) is 5.70. The lowest BCUT2D eigenvalue weighted by atomic mass is 9.91. The zero-order valence-electron chi connectivity index (χ0n) is 18.0. The number of halogens is 1. The van der Waals surface area contributed by atoms with E-state index in [-0.39, 0.29) is 11.9 Å². The van der Waals surface area contributed by atoms with Gasteiger partial charge in [0.05, 0.1) is 18.1 Å². The fourth-order valence-corrected chi connectivity index (χ4v) is 3.75. The molecule has 3 aromatic rings. The molecular formula is C24H24BrN5O2. The Bertz CT molecular complexity index is 1120. The van der Waals surface area contributed by atoms with Crippen molar-refractivity contribution < 1.29 is 9.53 Å². The Kier molecular flexibility index (Phi) is 6.80. The van der Waals surface area contributed by atoms with Gasteiger partial charge >= 0.3 is 6.03 Å². The molecule has 1 aliphatic heterocycles. The van der Waals surface area contributed by atoms with Gasteiger partial charge in [-0.3, -0.25) is 10.3 Å². The van der Waals surface area contributed by atoms with Gasteiger partial charge in [-0.15, -0.1) is 0 Å². The van der Waals surface area contributed by atoms with Gasteiger partial charge in [0.15, 0.2) is 5.82 Å². The summed E-state index contributed by atoms with van der Waals surface area (Å²) in [6.07, 6.45) is 7.92. The Morgan fingerprint density at radius 3 is 2.78 bits per heavy atom. The van der Waals surface area contributed by atoms with Crippen LogP contribution in [0.5, 0.6) is 11.6 Å². The molecule has 32 heavy (non-hydrogen) atoms. The van der Waals surface area contributed by atoms with Crippen LogP contribution in [0.1, 0.15) is 24.6 Å². The summed E-state index contributed by atoms with van der Waals surface area (Å²) >= 11 is 3.38. The number of amides is 2. The number of nitrogens with one attached hydrogen (secondary N) is 1. The lowest BCUT2D eigenvalue weighted by Gasteiger charge is -2.33. The van der Waals surface area contributed by atoms with Gasteiger partial charge in [-0.05, 0) is 59.0 Å². The number of benzene rings is 1. The summed E-state index contributed by atoms with van der Waals surface area (Å²) in [6.45, 7) is 5.30. The van der Waals surface area contributed by atoms with Gasteiger partial charge in [-0.25, -0.2) is 14.8 Å². The second-order valence-corrected chi connectivity index (χ2v) is 8.69. The number of pyridine rings is 1. The maximum atomic E-state index is 12.6. The molecule has 164 valence electrons. The van der Waals surface area contributed by atoms with Crippen LogP contribution in [0.3, 0.4) is 0 Å². The summed E-state index contributed by atoms with van der Waals surface area (Å²) in [5, 5.41) is 2.83. The predicted molar refractivity (Wildman–Crippen MR) is 128 cm³/mol. The molecule has 0 radical (unpaired) electrons. The van der Waals surface area contributed by atoms with Crippen molar-refractivity contribution in [3.8, 4) is 11.6 Å². The molecule has 1 N–H and O–H groups in total. The van der Waals surface area contributed by atoms with Crippen LogP contribution in [-0.2, 0) is 0 Å². The number of anilines is 1. The Hall–Kier alpha value is -3.26. The van der Waals surface area contributed by atoms with E-state index >= 15 is 0 Å². The molecule has 1 saturated heterocycles. The second-order valence-electron chi connectivity index (χ2n) is 7.78. The van der Waals surface area contributed by atoms with Crippen LogP contribution in [-0.4, -0.2) is 39.0 Å². The number of aryl methyl sites for hydroxylation is 1. The standard InChI is InChI=1S/C24H24BrN5O2/c1-16-15-30(24(31)29-22-14-26-17(2)12-27-22)9-8-19(16)10-18-4-3-5-21(11-18)32-23-7-6-20(25)13-28-23/h3-7,10-14,16H,8-9,15H2,1-2H3,(H,27,29,31). The van der Waals surface area contributed by atoms with Crippen LogP contribution in [0, 0.1) is 12.8 Å². The average Bonchev–Trinajstić information content (AvgIpc) is 2.78. The number of piperidine rings is 1. The largest absolute Gasteiger partial charge is 0.439 e. The lowest BCUT2D eigenvalue weighted by Crippen LogP contribution is -2.42. The Morgan fingerprint density at radius 1 is 1.19 bits per heavy atom. The van der Waals surface area contributed by atoms with Crippen LogP contribution in [0.4, 0.5) is 10.6 Å². The molecular weight excluding hydrogens is 470 g/mol. The maximum Gasteiger partial charge on any atom is 0.323 e. The van der Waals surface area contributed by atoms with Crippen molar-refractivity contribution in [2.75, 3.05) is 18.4 Å². The molecule has 3 heterocycles. The average molecular weight is 494 g/mol. The second kappa shape index (κ2) is 9.91. The predicted octanol–water partition coefficient (Wildman–Crippen LogP) is 5.69. The first-order valence-corrected chi connectivity index (χ1v) is 11.2. The third-order valence-electron chi connectivity index (χ3n) is 5.23. The molecule has 0 bridgehead atoms. The molecule has 0 spiro atoms. The van der Waals surface area contributed by atoms with Gasteiger partial charge in [-0.2, -0.15) is 0 Å². The topological polar surface area (TPSA) is 80.2 Å². The minimum Gasteiger partial charge on any atom is -0.439 e. The number of hydrogen-bond acceptors (Lipinski definition) is 5. The number of carbonyl (C=O) groups is 1. The van der Waals surface area contributed by atoms with Gasteiger partial charge in [0.2, 0.25) is 5.88 Å². The molecule has 7 nitrogen and oxygen atoms in total. The van der Waals surface area contributed by atoms with E-state index in [4.69, 9.17) is 4.74 Å². The van der Waals surface area contributed by atoms with E-state index in [0.29, 0.717) is 24.8 Å². The highest BCUT2D eigenvalue weighted by Crippen LogP contribution is 2.27. The number of ether oxygens (including phenoxy) is 1. The number of likely N-dealkylation sites (tertiary alicyclic amines) is 1. The normalized spacial score (nSPS) is 17.3. The molecule has 2 amide bonds. The number of urea groups is 1. The summed E-state index contributed by atoms with van der Waals surface area (Å²) in [4.78, 5) is 27.0. The molecule has 1 aromatic carbocycles. The zero-order chi connectivity index (χ0) is 22.5. The Morgan fingerprint density at radius 2 is 2.06 bits per heavy atom. The van der Waals surface area contributed by atoms with E-state index in [0.717, 1.165) is 27.9 Å². The molecule has 1 fully saturated rings. The van der Waals surface area contributed by atoms with E-state index in [9.17, 15) is 4.79 Å². The highest BCUT2D eigenvalue weighted by atomic mass is 79.9. The van der Waals surface area contributed by atoms with E-state index < -0.39 is 0 Å². The summed E-state index contributed by atoms with van der Waals surface area (Å²) in [6, 6.07) is 11.5. The Balaban J connectivity index is 1.38. The van der Waals surface area contributed by atoms with Crippen molar-refractivity contribution in [3.05, 3.63) is 76.3 Å². The quantitative estimate of drug-likeness (QED) is 0.504. The van der Waals surface area contributed by atoms with Gasteiger partial charge in [0.1, 0.15) is 5.75 Å². The van der Waals surface area contributed by atoms with Crippen molar-refractivity contribution in [3.63, 3.8) is 0 Å². The maximum absolute atomic E-state index is 12.6. The number of hydrogen-bond donors (Lipinski definition) is 1. The van der Waals surface area contributed by atoms with E-state index in [1.54, 1.807) is 18.6 Å². The third kappa shape index (κ3) is 5.70. The summed E-state index contributed by atoms with van der Waals surface area (Å²) in [5.41, 5.74) is 3.18. The molecule has 0 saturated carbocycles. The summed E-state index contributed by atoms with van der Waals surface area (Å²) < 4.78 is 6.78. The number of rotatable bonds is 4. The van der Waals surface area contributed by atoms with Gasteiger partial charge in [0.25, 0.3) is 0 Å². The molecule has 4 rings (SSSR count). The van der Waals surface area contributed by atoms with Crippen molar-refractivity contribution in [2.24, 2.45) is 5.92 Å². The van der Waals surface area contributed by atoms with Crippen LogP contribution in [0.2, 0.25) is 0 Å². The van der Waals surface area contributed by atoms with Crippen molar-refractivity contribution in [1.29, 1.82) is 0 Å². The van der Waals surface area contributed by atoms with Crippen molar-refractivity contribution in [2.45, 2.75) is 20.3 Å². The smallest absolute Gasteiger partial charge is 0.323 e. The summed E-state index contributed by atoms with van der Waals surface area (Å²) in [5.74, 6) is 1.99. The van der Waals surface area contributed by atoms with Crippen LogP contribution in [0.15, 0.2) is 65.0 Å². The molecule has 1 unspecified atom stereocenters. The molecule has 2 aromatic heterocycles. The SMILES string of the molecule is Cc1cnc(NC(=O)N2CCC(=Cc3cccc(Oc4ccc(Br)cn4)c3)C(C)C2)cn1. The van der Waals surface area contributed by atoms with Gasteiger partial charge < -0.3 is 9.64 Å². The first-order valence-electron chi connectivity index (χ1n) is 10.4. The van der Waals surface area contributed by atoms with Crippen LogP contribution >= 0.6 is 15.9 Å². The summed E-state index contributed by atoms with van der Waals surface area (Å²) in [7, 11) is 0. The van der Waals surface area contributed by atoms with Crippen molar-refractivity contribution >= 4 is 33.9 Å². The molecule has 1 aliphatic rings. The zero-order valence-corrected chi connectivity index (χ0v) is 19.5. The fourth-order valence-electron chi connectivity index (χ4n) is 3.52. The first-order chi connectivity index (χ1) is 15.5. The molecule has 1 atom stereocenters. The van der Waals surface area contributed by atoms with E-state index in [2.05, 4.69) is 55.3 Å². The highest BCUT2D eigenvalue weighted by molar-refractivity contribution is 9.10. The fraction of sp³-hybridized carbons (Fsp3) is 0.250. The minimum atomic E-state index is -0.147. The number of carbonyl (C=O) groups excluding carboxylic acids is 1. The van der Waals surface area contributed by atoms with Crippen molar-refractivity contribution in [1.82, 2.24) is 19.9 Å².